The van der Waals surface area contributed by atoms with Gasteiger partial charge in [-0.05, 0) is 83.8 Å². The Bertz CT molecular complexity index is 1670. The number of hydrogen-bond acceptors (Lipinski definition) is 3. The fourth-order valence-corrected chi connectivity index (χ4v) is 7.65. The molecule has 4 aromatic rings. The number of hydrogen-bond donors (Lipinski definition) is 0. The molecular weight excluding hydrogens is 521 g/mol. The number of fused-ring (bicyclic) bond motifs is 2. The van der Waals surface area contributed by atoms with Gasteiger partial charge in [-0.2, -0.15) is 9.40 Å². The molecule has 1 aliphatic carbocycles. The van der Waals surface area contributed by atoms with Crippen molar-refractivity contribution in [2.45, 2.75) is 50.3 Å². The van der Waals surface area contributed by atoms with Gasteiger partial charge in [0.1, 0.15) is 5.82 Å². The maximum absolute atomic E-state index is 13.9. The summed E-state index contributed by atoms with van der Waals surface area (Å²) < 4.78 is 45.0. The Hall–Kier alpha value is -3.55. The summed E-state index contributed by atoms with van der Waals surface area (Å²) in [5.41, 5.74) is 5.94. The van der Waals surface area contributed by atoms with E-state index in [4.69, 9.17) is 0 Å². The summed E-state index contributed by atoms with van der Waals surface area (Å²) in [5.74, 6) is -0.286. The molecular formula is C33H34FN3O2S. The Balaban J connectivity index is 1.38. The van der Waals surface area contributed by atoms with Crippen molar-refractivity contribution in [3.05, 3.63) is 119 Å². The normalized spacial score (nSPS) is 19.6. The van der Waals surface area contributed by atoms with Crippen LogP contribution >= 0.6 is 0 Å². The first-order valence-electron chi connectivity index (χ1n) is 13.7. The van der Waals surface area contributed by atoms with Crippen molar-refractivity contribution in [1.82, 2.24) is 14.1 Å². The molecule has 2 heterocycles. The van der Waals surface area contributed by atoms with E-state index in [1.807, 2.05) is 41.2 Å². The summed E-state index contributed by atoms with van der Waals surface area (Å²) in [6.07, 6.45) is 6.12. The molecule has 1 atom stereocenters. The monoisotopic (exact) mass is 555 g/mol. The third kappa shape index (κ3) is 4.82. The molecule has 0 radical (unpaired) electrons. The highest BCUT2D eigenvalue weighted by molar-refractivity contribution is 7.89. The second kappa shape index (κ2) is 9.82. The van der Waals surface area contributed by atoms with E-state index in [0.29, 0.717) is 30.8 Å². The van der Waals surface area contributed by atoms with E-state index < -0.39 is 10.0 Å². The number of sulfonamides is 1. The highest BCUT2D eigenvalue weighted by Crippen LogP contribution is 2.47. The number of nitrogens with zero attached hydrogens (tertiary/aromatic N) is 3. The zero-order chi connectivity index (χ0) is 28.1. The molecule has 1 aliphatic heterocycles. The first-order chi connectivity index (χ1) is 19.0. The first-order valence-corrected chi connectivity index (χ1v) is 15.2. The lowest BCUT2D eigenvalue weighted by molar-refractivity contribution is 0.209. The molecule has 206 valence electrons. The van der Waals surface area contributed by atoms with Crippen LogP contribution < -0.4 is 0 Å². The van der Waals surface area contributed by atoms with Gasteiger partial charge in [0.2, 0.25) is 10.0 Å². The fourth-order valence-electron chi connectivity index (χ4n) is 6.12. The fraction of sp³-hybridized carbons (Fsp3) is 0.303. The maximum atomic E-state index is 13.9. The zero-order valence-corrected chi connectivity index (χ0v) is 24.0. The van der Waals surface area contributed by atoms with Gasteiger partial charge >= 0.3 is 0 Å². The van der Waals surface area contributed by atoms with Gasteiger partial charge < -0.3 is 0 Å². The lowest BCUT2D eigenvalue weighted by Gasteiger charge is -2.46. The van der Waals surface area contributed by atoms with Crippen LogP contribution in [-0.2, 0) is 28.3 Å². The molecule has 3 aromatic carbocycles. The van der Waals surface area contributed by atoms with Gasteiger partial charge in [-0.25, -0.2) is 17.5 Å². The van der Waals surface area contributed by atoms with Crippen molar-refractivity contribution >= 4 is 16.1 Å². The highest BCUT2D eigenvalue weighted by Gasteiger charge is 2.46. The Morgan fingerprint density at radius 2 is 1.65 bits per heavy atom. The molecule has 1 unspecified atom stereocenters. The van der Waals surface area contributed by atoms with E-state index in [-0.39, 0.29) is 16.6 Å². The molecule has 0 spiro atoms. The van der Waals surface area contributed by atoms with Crippen molar-refractivity contribution in [3.8, 4) is 5.69 Å². The van der Waals surface area contributed by atoms with E-state index in [2.05, 4.69) is 44.1 Å². The van der Waals surface area contributed by atoms with Crippen LogP contribution in [0.3, 0.4) is 0 Å². The number of benzene rings is 3. The minimum absolute atomic E-state index is 0.0506. The van der Waals surface area contributed by atoms with Crippen LogP contribution in [0.15, 0.2) is 95.5 Å². The SMILES string of the molecule is CC(C)(C)c1ccc(S(=O)(=O)N2CCC3=Cc4c(cnn4-c4ccc(F)cc4)CC3(Cc3ccccc3)C2)cc1. The molecule has 1 fully saturated rings. The van der Waals surface area contributed by atoms with E-state index in [1.165, 1.54) is 23.3 Å². The molecule has 2 aliphatic rings. The third-order valence-corrected chi connectivity index (χ3v) is 10.2. The second-order valence-corrected chi connectivity index (χ2v) is 14.0. The molecule has 5 nitrogen and oxygen atoms in total. The molecule has 0 saturated carbocycles. The van der Waals surface area contributed by atoms with Gasteiger partial charge in [0, 0.05) is 18.5 Å². The average Bonchev–Trinajstić information content (AvgIpc) is 3.34. The molecule has 0 amide bonds. The van der Waals surface area contributed by atoms with Gasteiger partial charge in [-0.3, -0.25) is 0 Å². The number of piperidine rings is 1. The molecule has 1 saturated heterocycles. The van der Waals surface area contributed by atoms with E-state index in [1.54, 1.807) is 28.6 Å². The summed E-state index contributed by atoms with van der Waals surface area (Å²) in [6.45, 7) is 7.19. The van der Waals surface area contributed by atoms with Gasteiger partial charge in [-0.15, -0.1) is 0 Å². The lowest BCUT2D eigenvalue weighted by Crippen LogP contribution is -2.50. The molecule has 40 heavy (non-hydrogen) atoms. The number of aromatic nitrogens is 2. The summed E-state index contributed by atoms with van der Waals surface area (Å²) in [4.78, 5) is 0.336. The van der Waals surface area contributed by atoms with Crippen LogP contribution in [0.1, 0.15) is 49.6 Å². The standard InChI is InChI=1S/C33H34FN3O2S/c1-32(2,3)26-9-15-30(16-10-26)40(38,39)36-18-17-27-19-31-25(22-35-37(31)29-13-11-28(34)12-14-29)21-33(27,23-36)20-24-7-5-4-6-8-24/h4-16,19,22H,17-18,20-21,23H2,1-3H3. The maximum Gasteiger partial charge on any atom is 0.243 e. The predicted octanol–water partition coefficient (Wildman–Crippen LogP) is 6.57. The van der Waals surface area contributed by atoms with Crippen LogP contribution in [0.2, 0.25) is 0 Å². The summed E-state index contributed by atoms with van der Waals surface area (Å²) in [5, 5.41) is 4.65. The van der Waals surface area contributed by atoms with Gasteiger partial charge in [0.15, 0.2) is 0 Å². The molecule has 0 N–H and O–H groups in total. The van der Waals surface area contributed by atoms with Crippen molar-refractivity contribution in [2.24, 2.45) is 5.41 Å². The molecule has 7 heteroatoms. The summed E-state index contributed by atoms with van der Waals surface area (Å²) >= 11 is 0. The van der Waals surface area contributed by atoms with E-state index >= 15 is 0 Å². The Morgan fingerprint density at radius 3 is 2.33 bits per heavy atom. The first kappa shape index (κ1) is 26.7. The number of rotatable bonds is 5. The zero-order valence-electron chi connectivity index (χ0n) is 23.1. The van der Waals surface area contributed by atoms with Crippen LogP contribution in [0.4, 0.5) is 4.39 Å². The van der Waals surface area contributed by atoms with Crippen LogP contribution in [0, 0.1) is 11.2 Å². The third-order valence-electron chi connectivity index (χ3n) is 8.33. The highest BCUT2D eigenvalue weighted by atomic mass is 32.2. The Labute approximate surface area is 236 Å². The quantitative estimate of drug-likeness (QED) is 0.280. The molecule has 0 bridgehead atoms. The molecule has 6 rings (SSSR count). The van der Waals surface area contributed by atoms with Crippen molar-refractivity contribution < 1.29 is 12.8 Å². The van der Waals surface area contributed by atoms with Crippen molar-refractivity contribution in [1.29, 1.82) is 0 Å². The van der Waals surface area contributed by atoms with Crippen molar-refractivity contribution in [2.75, 3.05) is 13.1 Å². The van der Waals surface area contributed by atoms with Gasteiger partial charge in [0.05, 0.1) is 22.5 Å². The van der Waals surface area contributed by atoms with Gasteiger partial charge in [-0.1, -0.05) is 68.8 Å². The summed E-state index contributed by atoms with van der Waals surface area (Å²) in [6, 6.07) is 24.0. The average molecular weight is 556 g/mol. The second-order valence-electron chi connectivity index (χ2n) is 12.1. The van der Waals surface area contributed by atoms with Crippen LogP contribution in [-0.4, -0.2) is 35.6 Å². The van der Waals surface area contributed by atoms with Crippen LogP contribution in [0.25, 0.3) is 11.8 Å². The minimum atomic E-state index is -3.67. The van der Waals surface area contributed by atoms with Crippen LogP contribution in [0.5, 0.6) is 0 Å². The number of halogens is 1. The van der Waals surface area contributed by atoms with Crippen molar-refractivity contribution in [3.63, 3.8) is 0 Å². The molecule has 1 aromatic heterocycles. The Morgan fingerprint density at radius 1 is 0.950 bits per heavy atom. The van der Waals surface area contributed by atoms with E-state index in [9.17, 15) is 12.8 Å². The largest absolute Gasteiger partial charge is 0.243 e. The topological polar surface area (TPSA) is 55.2 Å². The summed E-state index contributed by atoms with van der Waals surface area (Å²) in [7, 11) is -3.67. The minimum Gasteiger partial charge on any atom is -0.233 e. The van der Waals surface area contributed by atoms with Gasteiger partial charge in [0.25, 0.3) is 0 Å². The lowest BCUT2D eigenvalue weighted by atomic mass is 9.66. The Kier molecular flexibility index (Phi) is 6.55. The smallest absolute Gasteiger partial charge is 0.233 e. The van der Waals surface area contributed by atoms with E-state index in [0.717, 1.165) is 28.9 Å². The predicted molar refractivity (Wildman–Crippen MR) is 156 cm³/mol.